The second-order valence-electron chi connectivity index (χ2n) is 11.0. The van der Waals surface area contributed by atoms with Crippen LogP contribution < -0.4 is 0 Å². The van der Waals surface area contributed by atoms with Crippen LogP contribution in [0.25, 0.3) is 0 Å². The summed E-state index contributed by atoms with van der Waals surface area (Å²) < 4.78 is 25.5. The second-order valence-corrected chi connectivity index (χ2v) is 11.0. The van der Waals surface area contributed by atoms with Crippen molar-refractivity contribution in [2.75, 3.05) is 6.61 Å². The minimum absolute atomic E-state index is 0.0372. The lowest BCUT2D eigenvalue weighted by atomic mass is 9.95. The van der Waals surface area contributed by atoms with Crippen molar-refractivity contribution in [1.82, 2.24) is 0 Å². The van der Waals surface area contributed by atoms with Crippen molar-refractivity contribution in [3.05, 3.63) is 179 Å². The molecule has 0 saturated heterocycles. The second kappa shape index (κ2) is 17.9. The number of carbonyl (C=O) groups is 1. The van der Waals surface area contributed by atoms with E-state index in [1.54, 1.807) is 12.1 Å². The summed E-state index contributed by atoms with van der Waals surface area (Å²) in [6.45, 7) is 0.820. The Morgan fingerprint density at radius 1 is 0.478 bits per heavy atom. The summed E-state index contributed by atoms with van der Waals surface area (Å²) in [5.74, 6) is -0.264. The summed E-state index contributed by atoms with van der Waals surface area (Å²) in [6.07, 6.45) is -4.21. The molecule has 0 saturated carbocycles. The van der Waals surface area contributed by atoms with E-state index in [4.69, 9.17) is 18.9 Å². The minimum Gasteiger partial charge on any atom is -0.388 e. The first kappa shape index (κ1) is 32.9. The van der Waals surface area contributed by atoms with Gasteiger partial charge in [0.05, 0.1) is 33.0 Å². The molecule has 0 unspecified atom stereocenters. The van der Waals surface area contributed by atoms with Gasteiger partial charge in [0, 0.05) is 5.56 Å². The number of aliphatic hydroxyl groups is 1. The Morgan fingerprint density at radius 3 is 1.30 bits per heavy atom. The Balaban J connectivity index is 1.47. The van der Waals surface area contributed by atoms with Crippen molar-refractivity contribution in [2.45, 2.75) is 50.8 Å². The highest BCUT2D eigenvalue weighted by molar-refractivity contribution is 6.00. The van der Waals surface area contributed by atoms with E-state index in [-0.39, 0.29) is 32.2 Å². The van der Waals surface area contributed by atoms with Crippen LogP contribution in [0.15, 0.2) is 152 Å². The molecular formula is C40H40O6. The van der Waals surface area contributed by atoms with E-state index < -0.39 is 24.4 Å². The maximum absolute atomic E-state index is 14.2. The standard InChI is InChI=1S/C40H40O6/c41-36(30-43-26-31-16-6-1-7-17-31)38(44-27-32-18-8-2-9-19-32)40(46-29-34-22-12-4-13-23-34)39(37(42)35-24-14-5-15-25-35)45-28-33-20-10-3-11-21-33/h1-25,36,38-41H,26-30H2/t36-,38-,39+,40+/m1/s1. The highest BCUT2D eigenvalue weighted by Gasteiger charge is 2.41. The predicted molar refractivity (Wildman–Crippen MR) is 178 cm³/mol. The molecule has 0 aliphatic heterocycles. The first-order chi connectivity index (χ1) is 22.7. The Labute approximate surface area is 271 Å². The molecule has 6 heteroatoms. The van der Waals surface area contributed by atoms with Crippen LogP contribution in [0, 0.1) is 0 Å². The zero-order valence-corrected chi connectivity index (χ0v) is 25.8. The molecule has 1 N–H and O–H groups in total. The molecule has 46 heavy (non-hydrogen) atoms. The van der Waals surface area contributed by atoms with E-state index in [1.807, 2.05) is 140 Å². The fourth-order valence-electron chi connectivity index (χ4n) is 5.13. The lowest BCUT2D eigenvalue weighted by molar-refractivity contribution is -0.178. The summed E-state index contributed by atoms with van der Waals surface area (Å²) in [6, 6.07) is 47.9. The van der Waals surface area contributed by atoms with Crippen LogP contribution in [0.2, 0.25) is 0 Å². The van der Waals surface area contributed by atoms with Crippen LogP contribution >= 0.6 is 0 Å². The van der Waals surface area contributed by atoms with E-state index in [9.17, 15) is 9.90 Å². The number of hydrogen-bond donors (Lipinski definition) is 1. The normalized spacial score (nSPS) is 13.8. The average molecular weight is 617 g/mol. The van der Waals surface area contributed by atoms with Crippen molar-refractivity contribution in [3.63, 3.8) is 0 Å². The van der Waals surface area contributed by atoms with Crippen molar-refractivity contribution in [3.8, 4) is 0 Å². The first-order valence-corrected chi connectivity index (χ1v) is 15.5. The van der Waals surface area contributed by atoms with Crippen molar-refractivity contribution >= 4 is 5.78 Å². The van der Waals surface area contributed by atoms with E-state index in [2.05, 4.69) is 0 Å². The Hall–Kier alpha value is -4.43. The number of ether oxygens (including phenoxy) is 4. The van der Waals surface area contributed by atoms with Crippen LogP contribution in [0.5, 0.6) is 0 Å². The van der Waals surface area contributed by atoms with Gasteiger partial charge in [-0.2, -0.15) is 0 Å². The number of rotatable bonds is 18. The molecule has 0 heterocycles. The number of hydrogen-bond acceptors (Lipinski definition) is 6. The monoisotopic (exact) mass is 616 g/mol. The summed E-state index contributed by atoms with van der Waals surface area (Å²) in [5, 5.41) is 11.7. The predicted octanol–water partition coefficient (Wildman–Crippen LogP) is 7.20. The van der Waals surface area contributed by atoms with E-state index in [0.29, 0.717) is 12.2 Å². The Morgan fingerprint density at radius 2 is 0.848 bits per heavy atom. The van der Waals surface area contributed by atoms with Gasteiger partial charge in [-0.3, -0.25) is 4.79 Å². The van der Waals surface area contributed by atoms with Crippen LogP contribution in [0.4, 0.5) is 0 Å². The molecule has 0 aliphatic carbocycles. The maximum atomic E-state index is 14.2. The van der Waals surface area contributed by atoms with Gasteiger partial charge in [0.15, 0.2) is 5.78 Å². The molecule has 236 valence electrons. The van der Waals surface area contributed by atoms with Crippen molar-refractivity contribution in [1.29, 1.82) is 0 Å². The van der Waals surface area contributed by atoms with Crippen molar-refractivity contribution in [2.24, 2.45) is 0 Å². The van der Waals surface area contributed by atoms with Crippen LogP contribution in [0.1, 0.15) is 32.6 Å². The number of Topliss-reactive ketones (excluding diaryl/α,β-unsaturated/α-hetero) is 1. The van der Waals surface area contributed by atoms with Crippen molar-refractivity contribution < 1.29 is 28.8 Å². The van der Waals surface area contributed by atoms with Gasteiger partial charge in [-0.1, -0.05) is 152 Å². The highest BCUT2D eigenvalue weighted by Crippen LogP contribution is 2.24. The van der Waals surface area contributed by atoms with Crippen LogP contribution in [0.3, 0.4) is 0 Å². The molecule has 0 fully saturated rings. The molecule has 0 bridgehead atoms. The van der Waals surface area contributed by atoms with Gasteiger partial charge < -0.3 is 24.1 Å². The van der Waals surface area contributed by atoms with Gasteiger partial charge in [0.25, 0.3) is 0 Å². The number of ketones is 1. The number of carbonyl (C=O) groups excluding carboxylic acids is 1. The lowest BCUT2D eigenvalue weighted by Gasteiger charge is -2.35. The zero-order chi connectivity index (χ0) is 31.8. The molecule has 0 aromatic heterocycles. The molecule has 5 rings (SSSR count). The summed E-state index contributed by atoms with van der Waals surface area (Å²) in [7, 11) is 0. The average Bonchev–Trinajstić information content (AvgIpc) is 3.12. The van der Waals surface area contributed by atoms with Crippen LogP contribution in [-0.2, 0) is 45.4 Å². The third-order valence-corrected chi connectivity index (χ3v) is 7.56. The molecular weight excluding hydrogens is 576 g/mol. The molecule has 0 spiro atoms. The van der Waals surface area contributed by atoms with Crippen LogP contribution in [-0.4, -0.2) is 41.9 Å². The Kier molecular flexibility index (Phi) is 12.8. The van der Waals surface area contributed by atoms with Gasteiger partial charge in [-0.05, 0) is 22.3 Å². The molecule has 0 radical (unpaired) electrons. The quantitative estimate of drug-likeness (QED) is 0.105. The number of benzene rings is 5. The largest absolute Gasteiger partial charge is 0.388 e. The van der Waals surface area contributed by atoms with E-state index >= 15 is 0 Å². The molecule has 5 aromatic rings. The highest BCUT2D eigenvalue weighted by atomic mass is 16.6. The molecule has 5 aromatic carbocycles. The molecule has 4 atom stereocenters. The van der Waals surface area contributed by atoms with E-state index in [0.717, 1.165) is 22.3 Å². The van der Waals surface area contributed by atoms with Gasteiger partial charge in [-0.15, -0.1) is 0 Å². The van der Waals surface area contributed by atoms with Gasteiger partial charge in [-0.25, -0.2) is 0 Å². The summed E-state index contributed by atoms with van der Waals surface area (Å²) in [5.41, 5.74) is 4.20. The lowest BCUT2D eigenvalue weighted by Crippen LogP contribution is -2.52. The smallest absolute Gasteiger partial charge is 0.194 e. The zero-order valence-electron chi connectivity index (χ0n) is 25.8. The third kappa shape index (κ3) is 10.0. The van der Waals surface area contributed by atoms with Gasteiger partial charge in [0.2, 0.25) is 0 Å². The fraction of sp³-hybridized carbons (Fsp3) is 0.225. The summed E-state index contributed by atoms with van der Waals surface area (Å²) >= 11 is 0. The topological polar surface area (TPSA) is 74.2 Å². The molecule has 6 nitrogen and oxygen atoms in total. The first-order valence-electron chi connectivity index (χ1n) is 15.5. The third-order valence-electron chi connectivity index (χ3n) is 7.56. The Bertz CT molecular complexity index is 1550. The fourth-order valence-corrected chi connectivity index (χ4v) is 5.13. The molecule has 0 amide bonds. The van der Waals surface area contributed by atoms with Gasteiger partial charge >= 0.3 is 0 Å². The summed E-state index contributed by atoms with van der Waals surface area (Å²) in [4.78, 5) is 14.2. The van der Waals surface area contributed by atoms with E-state index in [1.165, 1.54) is 0 Å². The molecule has 0 aliphatic rings. The minimum atomic E-state index is -1.14. The SMILES string of the molecule is O=C(c1ccccc1)[C@H](OCc1ccccc1)[C@@H](OCc1ccccc1)[C@H](OCc1ccccc1)[C@H](O)COCc1ccccc1. The van der Waals surface area contributed by atoms with Gasteiger partial charge in [0.1, 0.15) is 24.4 Å². The number of aliphatic hydroxyl groups excluding tert-OH is 1. The maximum Gasteiger partial charge on any atom is 0.194 e.